The Labute approximate surface area is 140 Å². The van der Waals surface area contributed by atoms with Gasteiger partial charge >= 0.3 is 0 Å². The molecule has 0 saturated carbocycles. The van der Waals surface area contributed by atoms with Crippen LogP contribution in [-0.4, -0.2) is 19.8 Å². The number of nitrogens with zero attached hydrogens (tertiary/aromatic N) is 2. The van der Waals surface area contributed by atoms with E-state index < -0.39 is 0 Å². The minimum Gasteiger partial charge on any atom is -0.324 e. The number of benzene rings is 2. The van der Waals surface area contributed by atoms with E-state index in [1.807, 2.05) is 42.5 Å². The van der Waals surface area contributed by atoms with Crippen LogP contribution in [0.25, 0.3) is 21.1 Å². The summed E-state index contributed by atoms with van der Waals surface area (Å²) < 4.78 is 2.54. The Kier molecular flexibility index (Phi) is 3.62. The van der Waals surface area contributed by atoms with E-state index in [2.05, 4.69) is 15.3 Å². The fourth-order valence-electron chi connectivity index (χ4n) is 2.57. The molecular formula is C17H14N4O2S. The topological polar surface area (TPSA) is 79.8 Å². The van der Waals surface area contributed by atoms with Crippen molar-refractivity contribution in [1.82, 2.24) is 13.9 Å². The average molecular weight is 338 g/mol. The minimum atomic E-state index is -0.182. The molecule has 0 aliphatic carbocycles. The van der Waals surface area contributed by atoms with Gasteiger partial charge in [-0.3, -0.25) is 18.9 Å². The lowest BCUT2D eigenvalue weighted by molar-refractivity contribution is -0.116. The monoisotopic (exact) mass is 338 g/mol. The molecule has 0 atom stereocenters. The van der Waals surface area contributed by atoms with Crippen LogP contribution in [0.5, 0.6) is 0 Å². The van der Waals surface area contributed by atoms with E-state index in [4.69, 9.17) is 0 Å². The van der Waals surface area contributed by atoms with Crippen LogP contribution in [0.4, 0.5) is 5.95 Å². The lowest BCUT2D eigenvalue weighted by Gasteiger charge is -2.01. The van der Waals surface area contributed by atoms with E-state index in [1.165, 1.54) is 11.5 Å². The SMILES string of the molecule is O=C(CCn1sc2ccccc2c1=O)Nc1nc2ccccc2[nH]1. The Bertz CT molecular complexity index is 1060. The number of carbonyl (C=O) groups excluding carboxylic acids is 1. The Balaban J connectivity index is 1.46. The lowest BCUT2D eigenvalue weighted by atomic mass is 10.3. The predicted molar refractivity (Wildman–Crippen MR) is 95.4 cm³/mol. The van der Waals surface area contributed by atoms with Crippen LogP contribution in [0, 0.1) is 0 Å². The highest BCUT2D eigenvalue weighted by atomic mass is 32.1. The maximum atomic E-state index is 12.2. The number of imidazole rings is 1. The van der Waals surface area contributed by atoms with Crippen LogP contribution in [0.15, 0.2) is 53.3 Å². The minimum absolute atomic E-state index is 0.0489. The quantitative estimate of drug-likeness (QED) is 0.600. The highest BCUT2D eigenvalue weighted by molar-refractivity contribution is 7.13. The molecule has 7 heteroatoms. The molecule has 0 saturated heterocycles. The number of amides is 1. The van der Waals surface area contributed by atoms with Crippen molar-refractivity contribution in [3.8, 4) is 0 Å². The van der Waals surface area contributed by atoms with Crippen LogP contribution in [0.1, 0.15) is 6.42 Å². The summed E-state index contributed by atoms with van der Waals surface area (Å²) >= 11 is 1.38. The van der Waals surface area contributed by atoms with Crippen molar-refractivity contribution in [1.29, 1.82) is 0 Å². The molecule has 4 aromatic rings. The van der Waals surface area contributed by atoms with Gasteiger partial charge in [0, 0.05) is 13.0 Å². The summed E-state index contributed by atoms with van der Waals surface area (Å²) in [5, 5.41) is 3.43. The second-order valence-electron chi connectivity index (χ2n) is 5.40. The van der Waals surface area contributed by atoms with E-state index in [0.29, 0.717) is 17.9 Å². The molecule has 4 rings (SSSR count). The largest absolute Gasteiger partial charge is 0.324 e. The summed E-state index contributed by atoms with van der Waals surface area (Å²) in [6.45, 7) is 0.351. The number of hydrogen-bond acceptors (Lipinski definition) is 4. The van der Waals surface area contributed by atoms with Gasteiger partial charge in [-0.25, -0.2) is 4.98 Å². The van der Waals surface area contributed by atoms with E-state index in [0.717, 1.165) is 15.7 Å². The van der Waals surface area contributed by atoms with Gasteiger partial charge in [0.2, 0.25) is 11.9 Å². The van der Waals surface area contributed by atoms with Gasteiger partial charge in [0.1, 0.15) is 0 Å². The van der Waals surface area contributed by atoms with Gasteiger partial charge in [0.15, 0.2) is 0 Å². The van der Waals surface area contributed by atoms with Gasteiger partial charge in [-0.1, -0.05) is 35.8 Å². The molecule has 1 amide bonds. The second kappa shape index (κ2) is 5.93. The number of aromatic nitrogens is 3. The number of hydrogen-bond donors (Lipinski definition) is 2. The van der Waals surface area contributed by atoms with Crippen LogP contribution in [0.2, 0.25) is 0 Å². The molecule has 0 aliphatic heterocycles. The molecule has 120 valence electrons. The lowest BCUT2D eigenvalue weighted by Crippen LogP contribution is -2.19. The van der Waals surface area contributed by atoms with E-state index >= 15 is 0 Å². The van der Waals surface area contributed by atoms with Crippen molar-refractivity contribution in [2.75, 3.05) is 5.32 Å². The molecule has 2 aromatic carbocycles. The molecule has 0 fully saturated rings. The maximum Gasteiger partial charge on any atom is 0.268 e. The van der Waals surface area contributed by atoms with Crippen molar-refractivity contribution in [3.05, 3.63) is 58.9 Å². The highest BCUT2D eigenvalue weighted by Gasteiger charge is 2.10. The summed E-state index contributed by atoms with van der Waals surface area (Å²) in [5.41, 5.74) is 1.62. The molecule has 0 radical (unpaired) electrons. The number of para-hydroxylation sites is 2. The van der Waals surface area contributed by atoms with Crippen molar-refractivity contribution in [2.45, 2.75) is 13.0 Å². The molecular weight excluding hydrogens is 324 g/mol. The van der Waals surface area contributed by atoms with Crippen LogP contribution >= 0.6 is 11.5 Å². The first-order valence-electron chi connectivity index (χ1n) is 7.54. The normalized spacial score (nSPS) is 11.2. The first-order valence-corrected chi connectivity index (χ1v) is 8.31. The number of fused-ring (bicyclic) bond motifs is 2. The van der Waals surface area contributed by atoms with Gasteiger partial charge in [0.05, 0.1) is 21.1 Å². The zero-order valence-electron chi connectivity index (χ0n) is 12.7. The molecule has 24 heavy (non-hydrogen) atoms. The first kappa shape index (κ1) is 14.6. The summed E-state index contributed by atoms with van der Waals surface area (Å²) in [6.07, 6.45) is 0.212. The molecule has 2 aromatic heterocycles. The van der Waals surface area contributed by atoms with Gasteiger partial charge in [-0.05, 0) is 24.3 Å². The summed E-state index contributed by atoms with van der Waals surface area (Å²) in [6, 6.07) is 15.0. The Morgan fingerprint density at radius 3 is 2.79 bits per heavy atom. The maximum absolute atomic E-state index is 12.2. The Hall–Kier alpha value is -2.93. The van der Waals surface area contributed by atoms with Crippen molar-refractivity contribution >= 4 is 44.5 Å². The third-order valence-electron chi connectivity index (χ3n) is 3.74. The fourth-order valence-corrected chi connectivity index (χ4v) is 3.57. The third kappa shape index (κ3) is 2.69. The van der Waals surface area contributed by atoms with Crippen molar-refractivity contribution < 1.29 is 4.79 Å². The number of rotatable bonds is 4. The first-order chi connectivity index (χ1) is 11.7. The average Bonchev–Trinajstić information content (AvgIpc) is 3.14. The van der Waals surface area contributed by atoms with E-state index in [-0.39, 0.29) is 17.9 Å². The number of aryl methyl sites for hydroxylation is 1. The zero-order valence-corrected chi connectivity index (χ0v) is 13.5. The number of nitrogens with one attached hydrogen (secondary N) is 2. The molecule has 0 spiro atoms. The van der Waals surface area contributed by atoms with Crippen LogP contribution < -0.4 is 10.9 Å². The van der Waals surface area contributed by atoms with Crippen LogP contribution in [-0.2, 0) is 11.3 Å². The molecule has 0 aliphatic rings. The van der Waals surface area contributed by atoms with Gasteiger partial charge in [0.25, 0.3) is 5.56 Å². The zero-order chi connectivity index (χ0) is 16.5. The molecule has 0 unspecified atom stereocenters. The molecule has 2 heterocycles. The number of aromatic amines is 1. The second-order valence-corrected chi connectivity index (χ2v) is 6.46. The van der Waals surface area contributed by atoms with Gasteiger partial charge in [-0.15, -0.1) is 0 Å². The summed E-state index contributed by atoms with van der Waals surface area (Å²) in [5.74, 6) is 0.239. The summed E-state index contributed by atoms with van der Waals surface area (Å²) in [4.78, 5) is 31.7. The van der Waals surface area contributed by atoms with E-state index in [1.54, 1.807) is 10.0 Å². The van der Waals surface area contributed by atoms with E-state index in [9.17, 15) is 9.59 Å². The van der Waals surface area contributed by atoms with Crippen molar-refractivity contribution in [2.24, 2.45) is 0 Å². The van der Waals surface area contributed by atoms with Gasteiger partial charge in [-0.2, -0.15) is 0 Å². The Morgan fingerprint density at radius 2 is 1.96 bits per heavy atom. The van der Waals surface area contributed by atoms with Crippen LogP contribution in [0.3, 0.4) is 0 Å². The smallest absolute Gasteiger partial charge is 0.268 e. The number of carbonyl (C=O) groups is 1. The third-order valence-corrected chi connectivity index (χ3v) is 4.86. The standard InChI is InChI=1S/C17H14N4O2S/c22-15(20-17-18-12-6-2-3-7-13(12)19-17)9-10-21-16(23)11-5-1-4-8-14(11)24-21/h1-8H,9-10H2,(H2,18,19,20,22). The van der Waals surface area contributed by atoms with Gasteiger partial charge < -0.3 is 4.98 Å². The van der Waals surface area contributed by atoms with Crippen molar-refractivity contribution in [3.63, 3.8) is 0 Å². The number of H-pyrrole nitrogens is 1. The fraction of sp³-hybridized carbons (Fsp3) is 0.118. The predicted octanol–water partition coefficient (Wildman–Crippen LogP) is 2.97. The molecule has 0 bridgehead atoms. The number of anilines is 1. The highest BCUT2D eigenvalue weighted by Crippen LogP contribution is 2.16. The summed E-state index contributed by atoms with van der Waals surface area (Å²) in [7, 11) is 0. The Morgan fingerprint density at radius 1 is 1.17 bits per heavy atom. The molecule has 6 nitrogen and oxygen atoms in total. The molecule has 2 N–H and O–H groups in total.